The summed E-state index contributed by atoms with van der Waals surface area (Å²) >= 11 is 2.17. The summed E-state index contributed by atoms with van der Waals surface area (Å²) in [5, 5.41) is 2.36. The fourth-order valence-corrected chi connectivity index (χ4v) is 5.35. The third-order valence-electron chi connectivity index (χ3n) is 5.11. The molecule has 0 aliphatic rings. The van der Waals surface area contributed by atoms with E-state index in [1.807, 2.05) is 36.4 Å². The van der Waals surface area contributed by atoms with Crippen LogP contribution in [-0.4, -0.2) is 13.0 Å². The molecule has 4 aromatic carbocycles. The van der Waals surface area contributed by atoms with Crippen molar-refractivity contribution in [3.63, 3.8) is 0 Å². The molecule has 0 atom stereocenters. The van der Waals surface area contributed by atoms with Gasteiger partial charge in [-0.25, -0.2) is 8.42 Å². The number of hydrogen-bond donors (Lipinski definition) is 0. The first kappa shape index (κ1) is 18.4. The van der Waals surface area contributed by atoms with Gasteiger partial charge in [-0.1, -0.05) is 36.4 Å². The van der Waals surface area contributed by atoms with Crippen LogP contribution in [0, 0.1) is 3.57 Å². The van der Waals surface area contributed by atoms with Crippen molar-refractivity contribution in [1.82, 2.24) is 4.57 Å². The monoisotopic (exact) mass is 509 g/mol. The van der Waals surface area contributed by atoms with Gasteiger partial charge in [0.2, 0.25) is 9.84 Å². The molecule has 0 N–H and O–H groups in total. The van der Waals surface area contributed by atoms with E-state index in [0.29, 0.717) is 9.79 Å². The van der Waals surface area contributed by atoms with Crippen LogP contribution < -0.4 is 0 Å². The van der Waals surface area contributed by atoms with Gasteiger partial charge in [-0.05, 0) is 83.3 Å². The molecule has 0 amide bonds. The fraction of sp³-hybridized carbons (Fsp3) is 0. The molecule has 5 rings (SSSR count). The Labute approximate surface area is 182 Å². The SMILES string of the molecule is O=S(=O)(c1ccc(I)cc1)c1ccc(-n2c3ccccc3c3ccccc32)cc1. The van der Waals surface area contributed by atoms with E-state index in [1.165, 1.54) is 10.8 Å². The van der Waals surface area contributed by atoms with Crippen molar-refractivity contribution in [2.45, 2.75) is 9.79 Å². The molecule has 0 aliphatic heterocycles. The lowest BCUT2D eigenvalue weighted by atomic mass is 10.2. The molecule has 0 bridgehead atoms. The van der Waals surface area contributed by atoms with E-state index in [1.54, 1.807) is 36.4 Å². The van der Waals surface area contributed by atoms with Gasteiger partial charge in [0.25, 0.3) is 0 Å². The van der Waals surface area contributed by atoms with Crippen LogP contribution in [0.3, 0.4) is 0 Å². The maximum absolute atomic E-state index is 13.0. The molecule has 0 unspecified atom stereocenters. The minimum absolute atomic E-state index is 0.295. The molecule has 0 fully saturated rings. The van der Waals surface area contributed by atoms with Crippen LogP contribution in [0.25, 0.3) is 27.5 Å². The molecule has 142 valence electrons. The van der Waals surface area contributed by atoms with Crippen LogP contribution in [-0.2, 0) is 9.84 Å². The number of benzene rings is 4. The third kappa shape index (κ3) is 3.05. The molecular weight excluding hydrogens is 493 g/mol. The number of fused-ring (bicyclic) bond motifs is 3. The van der Waals surface area contributed by atoms with Gasteiger partial charge in [0, 0.05) is 20.0 Å². The molecular formula is C24H16INO2S. The van der Waals surface area contributed by atoms with Crippen LogP contribution >= 0.6 is 22.6 Å². The second kappa shape index (κ2) is 7.00. The molecule has 3 nitrogen and oxygen atoms in total. The summed E-state index contributed by atoms with van der Waals surface area (Å²) in [5.41, 5.74) is 3.13. The first-order chi connectivity index (χ1) is 14.1. The fourth-order valence-electron chi connectivity index (χ4n) is 3.72. The average molecular weight is 509 g/mol. The first-order valence-corrected chi connectivity index (χ1v) is 11.7. The van der Waals surface area contributed by atoms with E-state index >= 15 is 0 Å². The minimum atomic E-state index is -3.54. The Balaban J connectivity index is 1.65. The Hall–Kier alpha value is -2.64. The van der Waals surface area contributed by atoms with Crippen molar-refractivity contribution in [3.05, 3.63) is 101 Å². The summed E-state index contributed by atoms with van der Waals surface area (Å²) in [6.45, 7) is 0. The van der Waals surface area contributed by atoms with Gasteiger partial charge >= 0.3 is 0 Å². The average Bonchev–Trinajstić information content (AvgIpc) is 3.09. The van der Waals surface area contributed by atoms with Crippen LogP contribution in [0.4, 0.5) is 0 Å². The summed E-state index contributed by atoms with van der Waals surface area (Å²) < 4.78 is 29.1. The zero-order valence-corrected chi connectivity index (χ0v) is 18.3. The molecule has 5 heteroatoms. The maximum atomic E-state index is 13.0. The summed E-state index contributed by atoms with van der Waals surface area (Å²) in [6, 6.07) is 30.6. The summed E-state index contributed by atoms with van der Waals surface area (Å²) in [6.07, 6.45) is 0. The molecule has 29 heavy (non-hydrogen) atoms. The highest BCUT2D eigenvalue weighted by Crippen LogP contribution is 2.32. The second-order valence-corrected chi connectivity index (χ2v) is 10.0. The van der Waals surface area contributed by atoms with Crippen LogP contribution in [0.2, 0.25) is 0 Å². The molecule has 0 aliphatic carbocycles. The summed E-state index contributed by atoms with van der Waals surface area (Å²) in [4.78, 5) is 0.603. The predicted octanol–water partition coefficient (Wildman–Crippen LogP) is 6.22. The molecule has 1 heterocycles. The lowest BCUT2D eigenvalue weighted by Crippen LogP contribution is -2.02. The van der Waals surface area contributed by atoms with E-state index in [2.05, 4.69) is 51.4 Å². The molecule has 0 saturated heterocycles. The number of para-hydroxylation sites is 2. The zero-order chi connectivity index (χ0) is 20.0. The Kier molecular flexibility index (Phi) is 4.44. The van der Waals surface area contributed by atoms with Gasteiger partial charge < -0.3 is 4.57 Å². The molecule has 0 spiro atoms. The lowest BCUT2D eigenvalue weighted by Gasteiger charge is -2.10. The van der Waals surface area contributed by atoms with E-state index in [9.17, 15) is 8.42 Å². The Morgan fingerprint density at radius 2 is 1.03 bits per heavy atom. The topological polar surface area (TPSA) is 39.1 Å². The molecule has 0 radical (unpaired) electrons. The predicted molar refractivity (Wildman–Crippen MR) is 125 cm³/mol. The van der Waals surface area contributed by atoms with Gasteiger partial charge in [-0.15, -0.1) is 0 Å². The summed E-state index contributed by atoms with van der Waals surface area (Å²) in [7, 11) is -3.54. The number of aromatic nitrogens is 1. The van der Waals surface area contributed by atoms with Crippen molar-refractivity contribution >= 4 is 54.2 Å². The van der Waals surface area contributed by atoms with Crippen molar-refractivity contribution in [1.29, 1.82) is 0 Å². The smallest absolute Gasteiger partial charge is 0.206 e. The quantitative estimate of drug-likeness (QED) is 0.271. The largest absolute Gasteiger partial charge is 0.309 e. The third-order valence-corrected chi connectivity index (χ3v) is 7.61. The van der Waals surface area contributed by atoms with Crippen molar-refractivity contribution in [2.24, 2.45) is 0 Å². The molecule has 5 aromatic rings. The van der Waals surface area contributed by atoms with E-state index in [4.69, 9.17) is 0 Å². The number of halogens is 1. The minimum Gasteiger partial charge on any atom is -0.309 e. The Bertz CT molecular complexity index is 1400. The van der Waals surface area contributed by atoms with Crippen molar-refractivity contribution < 1.29 is 8.42 Å². The highest BCUT2D eigenvalue weighted by Gasteiger charge is 2.18. The maximum Gasteiger partial charge on any atom is 0.206 e. The van der Waals surface area contributed by atoms with Gasteiger partial charge in [-0.2, -0.15) is 0 Å². The van der Waals surface area contributed by atoms with E-state index in [0.717, 1.165) is 20.3 Å². The summed E-state index contributed by atoms with van der Waals surface area (Å²) in [5.74, 6) is 0. The van der Waals surface area contributed by atoms with Crippen LogP contribution in [0.1, 0.15) is 0 Å². The van der Waals surface area contributed by atoms with E-state index < -0.39 is 9.84 Å². The second-order valence-electron chi connectivity index (χ2n) is 6.82. The van der Waals surface area contributed by atoms with Gasteiger partial charge in [-0.3, -0.25) is 0 Å². The Morgan fingerprint density at radius 1 is 0.586 bits per heavy atom. The van der Waals surface area contributed by atoms with E-state index in [-0.39, 0.29) is 0 Å². The molecule has 0 saturated carbocycles. The first-order valence-electron chi connectivity index (χ1n) is 9.15. The van der Waals surface area contributed by atoms with Crippen LogP contribution in [0.5, 0.6) is 0 Å². The highest BCUT2D eigenvalue weighted by molar-refractivity contribution is 14.1. The molecule has 1 aromatic heterocycles. The lowest BCUT2D eigenvalue weighted by molar-refractivity contribution is 0.596. The number of hydrogen-bond acceptors (Lipinski definition) is 2. The van der Waals surface area contributed by atoms with Crippen molar-refractivity contribution in [3.8, 4) is 5.69 Å². The zero-order valence-electron chi connectivity index (χ0n) is 15.3. The standard InChI is InChI=1S/C24H16INO2S/c25-17-9-13-19(14-10-17)29(27,28)20-15-11-18(12-16-20)26-23-7-3-1-5-21(23)22-6-2-4-8-24(22)26/h1-16H. The van der Waals surface area contributed by atoms with Crippen LogP contribution in [0.15, 0.2) is 107 Å². The van der Waals surface area contributed by atoms with Crippen molar-refractivity contribution in [2.75, 3.05) is 0 Å². The number of nitrogens with zero attached hydrogens (tertiary/aromatic N) is 1. The normalized spacial score (nSPS) is 11.9. The number of sulfone groups is 1. The van der Waals surface area contributed by atoms with Gasteiger partial charge in [0.1, 0.15) is 0 Å². The Morgan fingerprint density at radius 3 is 1.55 bits per heavy atom. The van der Waals surface area contributed by atoms with Gasteiger partial charge in [0.05, 0.1) is 20.8 Å². The number of rotatable bonds is 3. The van der Waals surface area contributed by atoms with Gasteiger partial charge in [0.15, 0.2) is 0 Å². The highest BCUT2D eigenvalue weighted by atomic mass is 127.